The zero-order valence-corrected chi connectivity index (χ0v) is 11.4. The summed E-state index contributed by atoms with van der Waals surface area (Å²) < 4.78 is 11.5. The molecule has 1 aromatic heterocycles. The van der Waals surface area contributed by atoms with Crippen molar-refractivity contribution in [2.45, 2.75) is 19.6 Å². The van der Waals surface area contributed by atoms with Crippen LogP contribution in [0.15, 0.2) is 59.0 Å². The fraction of sp³-hybridized carbons (Fsp3) is 0.176. The first-order valence-corrected chi connectivity index (χ1v) is 6.68. The minimum atomic E-state index is -0.101. The lowest BCUT2D eigenvalue weighted by Crippen LogP contribution is -2.02. The van der Waals surface area contributed by atoms with Crippen LogP contribution in [-0.2, 0) is 6.61 Å². The van der Waals surface area contributed by atoms with Crippen LogP contribution in [-0.4, -0.2) is 0 Å². The summed E-state index contributed by atoms with van der Waals surface area (Å²) in [5.74, 6) is 1.59. The SMILES string of the molecule is CC(N)c1cc2ccc(OCc3ccccc3)cc2o1. The summed E-state index contributed by atoms with van der Waals surface area (Å²) in [7, 11) is 0. The monoisotopic (exact) mass is 267 g/mol. The van der Waals surface area contributed by atoms with Crippen molar-refractivity contribution in [2.24, 2.45) is 5.73 Å². The molecule has 0 aliphatic heterocycles. The van der Waals surface area contributed by atoms with E-state index in [-0.39, 0.29) is 6.04 Å². The van der Waals surface area contributed by atoms with E-state index in [0.29, 0.717) is 6.61 Å². The molecule has 3 aromatic rings. The Balaban J connectivity index is 1.78. The Kier molecular flexibility index (Phi) is 3.44. The summed E-state index contributed by atoms with van der Waals surface area (Å²) in [5.41, 5.74) is 7.78. The quantitative estimate of drug-likeness (QED) is 0.776. The van der Waals surface area contributed by atoms with Gasteiger partial charge in [0.1, 0.15) is 23.7 Å². The van der Waals surface area contributed by atoms with Crippen LogP contribution >= 0.6 is 0 Å². The normalized spacial score (nSPS) is 12.5. The molecule has 3 nitrogen and oxygen atoms in total. The van der Waals surface area contributed by atoms with Gasteiger partial charge in [-0.2, -0.15) is 0 Å². The maximum Gasteiger partial charge on any atom is 0.138 e. The van der Waals surface area contributed by atoms with Crippen LogP contribution in [0.3, 0.4) is 0 Å². The van der Waals surface area contributed by atoms with Crippen molar-refractivity contribution < 1.29 is 9.15 Å². The molecule has 0 saturated carbocycles. The largest absolute Gasteiger partial charge is 0.489 e. The Morgan fingerprint density at radius 2 is 1.90 bits per heavy atom. The van der Waals surface area contributed by atoms with Crippen molar-refractivity contribution in [2.75, 3.05) is 0 Å². The molecule has 0 bridgehead atoms. The number of furan rings is 1. The van der Waals surface area contributed by atoms with Crippen molar-refractivity contribution in [3.8, 4) is 5.75 Å². The number of benzene rings is 2. The predicted molar refractivity (Wildman–Crippen MR) is 79.6 cm³/mol. The van der Waals surface area contributed by atoms with E-state index in [1.165, 1.54) is 0 Å². The van der Waals surface area contributed by atoms with Crippen molar-refractivity contribution in [1.82, 2.24) is 0 Å². The van der Waals surface area contributed by atoms with Crippen LogP contribution in [0.1, 0.15) is 24.3 Å². The molecule has 1 heterocycles. The van der Waals surface area contributed by atoms with E-state index in [1.54, 1.807) is 0 Å². The van der Waals surface area contributed by atoms with Gasteiger partial charge in [-0.05, 0) is 30.7 Å². The molecule has 20 heavy (non-hydrogen) atoms. The Morgan fingerprint density at radius 1 is 1.10 bits per heavy atom. The second-order valence-electron chi connectivity index (χ2n) is 4.91. The third kappa shape index (κ3) is 2.68. The number of nitrogens with two attached hydrogens (primary N) is 1. The van der Waals surface area contributed by atoms with Gasteiger partial charge in [0.05, 0.1) is 6.04 Å². The molecule has 0 fully saturated rings. The highest BCUT2D eigenvalue weighted by Crippen LogP contribution is 2.26. The third-order valence-corrected chi connectivity index (χ3v) is 3.21. The van der Waals surface area contributed by atoms with E-state index in [1.807, 2.05) is 61.5 Å². The van der Waals surface area contributed by atoms with E-state index in [9.17, 15) is 0 Å². The lowest BCUT2D eigenvalue weighted by molar-refractivity contribution is 0.306. The topological polar surface area (TPSA) is 48.4 Å². The van der Waals surface area contributed by atoms with Gasteiger partial charge in [0.2, 0.25) is 0 Å². The van der Waals surface area contributed by atoms with Gasteiger partial charge in [-0.15, -0.1) is 0 Å². The van der Waals surface area contributed by atoms with Crippen LogP contribution in [0.5, 0.6) is 5.75 Å². The zero-order valence-electron chi connectivity index (χ0n) is 11.4. The smallest absolute Gasteiger partial charge is 0.138 e. The standard InChI is InChI=1S/C17H17NO2/c1-12(18)16-9-14-7-8-15(10-17(14)20-16)19-11-13-5-3-2-4-6-13/h2-10,12H,11,18H2,1H3. The van der Waals surface area contributed by atoms with Crippen molar-refractivity contribution in [3.05, 3.63) is 65.9 Å². The number of fused-ring (bicyclic) bond motifs is 1. The molecule has 1 atom stereocenters. The van der Waals surface area contributed by atoms with E-state index in [2.05, 4.69) is 0 Å². The molecular weight excluding hydrogens is 250 g/mol. The van der Waals surface area contributed by atoms with E-state index in [0.717, 1.165) is 28.0 Å². The molecule has 2 aromatic carbocycles. The molecule has 2 N–H and O–H groups in total. The van der Waals surface area contributed by atoms with Gasteiger partial charge in [-0.25, -0.2) is 0 Å². The fourth-order valence-corrected chi connectivity index (χ4v) is 2.09. The molecule has 3 heteroatoms. The Bertz CT molecular complexity index is 701. The maximum absolute atomic E-state index is 5.83. The van der Waals surface area contributed by atoms with Gasteiger partial charge >= 0.3 is 0 Å². The van der Waals surface area contributed by atoms with Crippen LogP contribution in [0.4, 0.5) is 0 Å². The predicted octanol–water partition coefficient (Wildman–Crippen LogP) is 4.03. The third-order valence-electron chi connectivity index (χ3n) is 3.21. The van der Waals surface area contributed by atoms with Crippen LogP contribution in [0.2, 0.25) is 0 Å². The summed E-state index contributed by atoms with van der Waals surface area (Å²) in [4.78, 5) is 0. The van der Waals surface area contributed by atoms with Gasteiger partial charge in [0.15, 0.2) is 0 Å². The maximum atomic E-state index is 5.83. The van der Waals surface area contributed by atoms with E-state index < -0.39 is 0 Å². The highest BCUT2D eigenvalue weighted by atomic mass is 16.5. The first-order chi connectivity index (χ1) is 9.72. The summed E-state index contributed by atoms with van der Waals surface area (Å²) in [6.45, 7) is 2.46. The van der Waals surface area contributed by atoms with Gasteiger partial charge in [0.25, 0.3) is 0 Å². The van der Waals surface area contributed by atoms with Gasteiger partial charge in [0, 0.05) is 11.5 Å². The molecule has 0 amide bonds. The molecule has 0 spiro atoms. The Hall–Kier alpha value is -2.26. The van der Waals surface area contributed by atoms with Crippen molar-refractivity contribution in [3.63, 3.8) is 0 Å². The minimum absolute atomic E-state index is 0.101. The Morgan fingerprint density at radius 3 is 2.65 bits per heavy atom. The summed E-state index contributed by atoms with van der Waals surface area (Å²) in [6, 6.07) is 17.8. The number of hydrogen-bond donors (Lipinski definition) is 1. The average Bonchev–Trinajstić information content (AvgIpc) is 2.89. The molecule has 3 rings (SSSR count). The first-order valence-electron chi connectivity index (χ1n) is 6.68. The minimum Gasteiger partial charge on any atom is -0.489 e. The van der Waals surface area contributed by atoms with Gasteiger partial charge in [-0.3, -0.25) is 0 Å². The first kappa shape index (κ1) is 12.8. The molecule has 1 unspecified atom stereocenters. The number of ether oxygens (including phenoxy) is 1. The van der Waals surface area contributed by atoms with Gasteiger partial charge in [-0.1, -0.05) is 30.3 Å². The van der Waals surface area contributed by atoms with E-state index >= 15 is 0 Å². The van der Waals surface area contributed by atoms with E-state index in [4.69, 9.17) is 14.9 Å². The molecular formula is C17H17NO2. The molecule has 0 aliphatic rings. The van der Waals surface area contributed by atoms with Crippen LogP contribution < -0.4 is 10.5 Å². The summed E-state index contributed by atoms with van der Waals surface area (Å²) >= 11 is 0. The molecule has 0 aliphatic carbocycles. The lowest BCUT2D eigenvalue weighted by Gasteiger charge is -2.05. The van der Waals surface area contributed by atoms with Crippen LogP contribution in [0, 0.1) is 0 Å². The molecule has 102 valence electrons. The fourth-order valence-electron chi connectivity index (χ4n) is 2.09. The van der Waals surface area contributed by atoms with Crippen molar-refractivity contribution >= 4 is 11.0 Å². The van der Waals surface area contributed by atoms with Crippen LogP contribution in [0.25, 0.3) is 11.0 Å². The Labute approximate surface area is 118 Å². The summed E-state index contributed by atoms with van der Waals surface area (Å²) in [6.07, 6.45) is 0. The van der Waals surface area contributed by atoms with Crippen molar-refractivity contribution in [1.29, 1.82) is 0 Å². The lowest BCUT2D eigenvalue weighted by atomic mass is 10.2. The average molecular weight is 267 g/mol. The highest BCUT2D eigenvalue weighted by molar-refractivity contribution is 5.79. The zero-order chi connectivity index (χ0) is 13.9. The second-order valence-corrected chi connectivity index (χ2v) is 4.91. The summed E-state index contributed by atoms with van der Waals surface area (Å²) in [5, 5.41) is 1.05. The second kappa shape index (κ2) is 5.39. The highest BCUT2D eigenvalue weighted by Gasteiger charge is 2.08. The molecule has 0 saturated heterocycles. The number of rotatable bonds is 4. The number of hydrogen-bond acceptors (Lipinski definition) is 3. The van der Waals surface area contributed by atoms with Gasteiger partial charge < -0.3 is 14.9 Å². The molecule has 0 radical (unpaired) electrons.